The Morgan fingerprint density at radius 2 is 2.00 bits per heavy atom. The smallest absolute Gasteiger partial charge is 0.263 e. The first-order valence-corrected chi connectivity index (χ1v) is 6.29. The van der Waals surface area contributed by atoms with Gasteiger partial charge in [-0.2, -0.15) is 0 Å². The van der Waals surface area contributed by atoms with Crippen LogP contribution in [0.1, 0.15) is 35.3 Å². The van der Waals surface area contributed by atoms with E-state index in [2.05, 4.69) is 20.8 Å². The molecule has 1 amide bonds. The van der Waals surface area contributed by atoms with Gasteiger partial charge in [0, 0.05) is 23.7 Å². The predicted octanol–water partition coefficient (Wildman–Crippen LogP) is 2.76. The quantitative estimate of drug-likeness (QED) is 0.883. The van der Waals surface area contributed by atoms with E-state index in [1.165, 1.54) is 11.3 Å². The molecule has 0 bridgehead atoms. The molecule has 1 atom stereocenters. The number of nitrogen functional groups attached to an aromatic ring is 1. The van der Waals surface area contributed by atoms with Gasteiger partial charge in [-0.3, -0.25) is 4.79 Å². The summed E-state index contributed by atoms with van der Waals surface area (Å²) in [6.45, 7) is 8.22. The van der Waals surface area contributed by atoms with Crippen molar-refractivity contribution in [1.82, 2.24) is 4.90 Å². The minimum Gasteiger partial charge on any atom is -0.398 e. The van der Waals surface area contributed by atoms with E-state index in [-0.39, 0.29) is 11.9 Å². The summed E-state index contributed by atoms with van der Waals surface area (Å²) in [5.74, 6) is 0.512. The van der Waals surface area contributed by atoms with Crippen LogP contribution in [0, 0.1) is 12.8 Å². The van der Waals surface area contributed by atoms with Gasteiger partial charge in [0.1, 0.15) is 0 Å². The highest BCUT2D eigenvalue weighted by atomic mass is 32.1. The highest BCUT2D eigenvalue weighted by molar-refractivity contribution is 7.14. The molecule has 0 aliphatic rings. The van der Waals surface area contributed by atoms with Gasteiger partial charge >= 0.3 is 0 Å². The molecule has 1 heterocycles. The van der Waals surface area contributed by atoms with E-state index in [9.17, 15) is 4.79 Å². The zero-order valence-corrected chi connectivity index (χ0v) is 11.4. The largest absolute Gasteiger partial charge is 0.398 e. The van der Waals surface area contributed by atoms with E-state index >= 15 is 0 Å². The lowest BCUT2D eigenvalue weighted by Gasteiger charge is -2.27. The SMILES string of the molecule is Cc1sc(C(=O)N(C)C(C)C(C)C)cc1N. The summed E-state index contributed by atoms with van der Waals surface area (Å²) in [7, 11) is 1.85. The van der Waals surface area contributed by atoms with E-state index in [0.29, 0.717) is 11.6 Å². The topological polar surface area (TPSA) is 46.3 Å². The summed E-state index contributed by atoms with van der Waals surface area (Å²) < 4.78 is 0. The second-order valence-corrected chi connectivity index (χ2v) is 5.78. The Hall–Kier alpha value is -1.03. The molecule has 1 aromatic heterocycles. The molecule has 0 aliphatic heterocycles. The summed E-state index contributed by atoms with van der Waals surface area (Å²) >= 11 is 1.46. The number of aryl methyl sites for hydroxylation is 1. The fourth-order valence-corrected chi connectivity index (χ4v) is 2.33. The highest BCUT2D eigenvalue weighted by Crippen LogP contribution is 2.25. The van der Waals surface area contributed by atoms with Crippen molar-refractivity contribution < 1.29 is 4.79 Å². The van der Waals surface area contributed by atoms with Crippen LogP contribution >= 0.6 is 11.3 Å². The third-order valence-corrected chi connectivity index (χ3v) is 4.12. The van der Waals surface area contributed by atoms with Gasteiger partial charge in [-0.05, 0) is 25.8 Å². The second-order valence-electron chi connectivity index (χ2n) is 4.52. The number of rotatable bonds is 3. The van der Waals surface area contributed by atoms with Crippen LogP contribution in [-0.2, 0) is 0 Å². The summed E-state index contributed by atoms with van der Waals surface area (Å²) in [5, 5.41) is 0. The minimum atomic E-state index is 0.0611. The molecule has 0 spiro atoms. The standard InChI is InChI=1S/C12H20N2OS/c1-7(2)8(3)14(5)12(15)11-6-10(13)9(4)16-11/h6-8H,13H2,1-5H3. The number of nitrogens with two attached hydrogens (primary N) is 1. The number of amides is 1. The molecule has 16 heavy (non-hydrogen) atoms. The Labute approximate surface area is 101 Å². The van der Waals surface area contributed by atoms with E-state index in [0.717, 1.165) is 9.75 Å². The number of nitrogens with zero attached hydrogens (tertiary/aromatic N) is 1. The maximum atomic E-state index is 12.1. The van der Waals surface area contributed by atoms with E-state index in [1.807, 2.05) is 14.0 Å². The predicted molar refractivity (Wildman–Crippen MR) is 69.9 cm³/mol. The molecule has 1 aromatic rings. The van der Waals surface area contributed by atoms with Crippen LogP contribution in [0.4, 0.5) is 5.69 Å². The van der Waals surface area contributed by atoms with Gasteiger partial charge in [0.15, 0.2) is 0 Å². The van der Waals surface area contributed by atoms with Crippen molar-refractivity contribution >= 4 is 22.9 Å². The lowest BCUT2D eigenvalue weighted by atomic mass is 10.1. The van der Waals surface area contributed by atoms with E-state index in [1.54, 1.807) is 11.0 Å². The Morgan fingerprint density at radius 1 is 1.44 bits per heavy atom. The average Bonchev–Trinajstić information content (AvgIpc) is 2.55. The van der Waals surface area contributed by atoms with Crippen LogP contribution in [0.25, 0.3) is 0 Å². The minimum absolute atomic E-state index is 0.0611. The number of hydrogen-bond acceptors (Lipinski definition) is 3. The number of thiophene rings is 1. The van der Waals surface area contributed by atoms with E-state index in [4.69, 9.17) is 5.73 Å². The van der Waals surface area contributed by atoms with Gasteiger partial charge in [-0.25, -0.2) is 0 Å². The molecular formula is C12H20N2OS. The third-order valence-electron chi connectivity index (χ3n) is 3.06. The molecule has 0 aliphatic carbocycles. The van der Waals surface area contributed by atoms with Crippen LogP contribution in [-0.4, -0.2) is 23.9 Å². The maximum Gasteiger partial charge on any atom is 0.263 e. The summed E-state index contributed by atoms with van der Waals surface area (Å²) in [6, 6.07) is 2.00. The second kappa shape index (κ2) is 4.87. The first kappa shape index (κ1) is 13.0. The zero-order valence-electron chi connectivity index (χ0n) is 10.6. The van der Waals surface area contributed by atoms with Crippen molar-refractivity contribution in [1.29, 1.82) is 0 Å². The summed E-state index contributed by atoms with van der Waals surface area (Å²) in [5.41, 5.74) is 6.46. The molecule has 1 rings (SSSR count). The number of anilines is 1. The van der Waals surface area contributed by atoms with Crippen LogP contribution in [0.5, 0.6) is 0 Å². The fraction of sp³-hybridized carbons (Fsp3) is 0.583. The Bertz CT molecular complexity index is 365. The molecule has 4 heteroatoms. The molecule has 0 fully saturated rings. The normalized spacial score (nSPS) is 12.9. The van der Waals surface area contributed by atoms with Crippen molar-refractivity contribution in [2.24, 2.45) is 5.92 Å². The Balaban J connectivity index is 2.86. The summed E-state index contributed by atoms with van der Waals surface area (Å²) in [6.07, 6.45) is 0. The Kier molecular flexibility index (Phi) is 3.97. The molecule has 1 unspecified atom stereocenters. The van der Waals surface area contributed by atoms with Gasteiger partial charge in [0.25, 0.3) is 5.91 Å². The monoisotopic (exact) mass is 240 g/mol. The lowest BCUT2D eigenvalue weighted by Crippen LogP contribution is -2.37. The van der Waals surface area contributed by atoms with Gasteiger partial charge in [-0.15, -0.1) is 11.3 Å². The van der Waals surface area contributed by atoms with E-state index < -0.39 is 0 Å². The van der Waals surface area contributed by atoms with Crippen LogP contribution in [0.3, 0.4) is 0 Å². The van der Waals surface area contributed by atoms with Crippen molar-refractivity contribution in [2.45, 2.75) is 33.7 Å². The molecule has 0 radical (unpaired) electrons. The van der Waals surface area contributed by atoms with Gasteiger partial charge < -0.3 is 10.6 Å². The number of carbonyl (C=O) groups excluding carboxylic acids is 1. The number of carbonyl (C=O) groups is 1. The molecule has 0 saturated carbocycles. The summed E-state index contributed by atoms with van der Waals surface area (Å²) in [4.78, 5) is 15.7. The molecule has 90 valence electrons. The van der Waals surface area contributed by atoms with Crippen LogP contribution in [0.2, 0.25) is 0 Å². The first-order chi connectivity index (χ1) is 7.34. The van der Waals surface area contributed by atoms with Gasteiger partial charge in [0.2, 0.25) is 0 Å². The van der Waals surface area contributed by atoms with Crippen molar-refractivity contribution in [3.05, 3.63) is 15.8 Å². The maximum absolute atomic E-state index is 12.1. The molecule has 2 N–H and O–H groups in total. The van der Waals surface area contributed by atoms with Crippen molar-refractivity contribution in [3.8, 4) is 0 Å². The molecule has 0 aromatic carbocycles. The van der Waals surface area contributed by atoms with Crippen molar-refractivity contribution in [2.75, 3.05) is 12.8 Å². The molecule has 3 nitrogen and oxygen atoms in total. The molecule has 0 saturated heterocycles. The Morgan fingerprint density at radius 3 is 2.38 bits per heavy atom. The fourth-order valence-electron chi connectivity index (χ4n) is 1.41. The average molecular weight is 240 g/mol. The first-order valence-electron chi connectivity index (χ1n) is 5.47. The van der Waals surface area contributed by atoms with Crippen molar-refractivity contribution in [3.63, 3.8) is 0 Å². The van der Waals surface area contributed by atoms with Gasteiger partial charge in [-0.1, -0.05) is 13.8 Å². The number of hydrogen-bond donors (Lipinski definition) is 1. The van der Waals surface area contributed by atoms with Crippen LogP contribution < -0.4 is 5.73 Å². The molecular weight excluding hydrogens is 220 g/mol. The lowest BCUT2D eigenvalue weighted by molar-refractivity contribution is 0.0712. The van der Waals surface area contributed by atoms with Gasteiger partial charge in [0.05, 0.1) is 4.88 Å². The van der Waals surface area contributed by atoms with Crippen LogP contribution in [0.15, 0.2) is 6.07 Å². The highest BCUT2D eigenvalue weighted by Gasteiger charge is 2.21. The third kappa shape index (κ3) is 2.55. The zero-order chi connectivity index (χ0) is 12.5.